The van der Waals surface area contributed by atoms with Crippen LogP contribution in [0.3, 0.4) is 0 Å². The molecule has 0 unspecified atom stereocenters. The van der Waals surface area contributed by atoms with Crippen LogP contribution in [0.5, 0.6) is 0 Å². The molecule has 1 heterocycles. The predicted octanol–water partition coefficient (Wildman–Crippen LogP) is 3.93. The van der Waals surface area contributed by atoms with Gasteiger partial charge in [-0.1, -0.05) is 44.2 Å². The standard InChI is InChI=1S/C14H17F2N3S/c1-10(2)13-17-14(20-18-13)19(9-12(15)16)8-11-6-4-3-5-7-11/h3-7,10,12H,8-9H2,1-2H3. The molecule has 0 fully saturated rings. The van der Waals surface area contributed by atoms with Crippen molar-refractivity contribution in [1.29, 1.82) is 0 Å². The summed E-state index contributed by atoms with van der Waals surface area (Å²) in [4.78, 5) is 5.95. The van der Waals surface area contributed by atoms with Crippen LogP contribution < -0.4 is 4.90 Å². The van der Waals surface area contributed by atoms with Crippen molar-refractivity contribution in [1.82, 2.24) is 9.36 Å². The summed E-state index contributed by atoms with van der Waals surface area (Å²) in [6, 6.07) is 9.54. The summed E-state index contributed by atoms with van der Waals surface area (Å²) in [5, 5.41) is 0.554. The van der Waals surface area contributed by atoms with Gasteiger partial charge >= 0.3 is 0 Å². The highest BCUT2D eigenvalue weighted by Crippen LogP contribution is 2.23. The van der Waals surface area contributed by atoms with E-state index in [1.165, 1.54) is 11.5 Å². The van der Waals surface area contributed by atoms with Crippen LogP contribution in [0.25, 0.3) is 0 Å². The van der Waals surface area contributed by atoms with Gasteiger partial charge in [0.2, 0.25) is 5.13 Å². The van der Waals surface area contributed by atoms with E-state index in [1.807, 2.05) is 44.2 Å². The molecule has 1 aromatic carbocycles. The summed E-state index contributed by atoms with van der Waals surface area (Å²) in [5.74, 6) is 0.905. The van der Waals surface area contributed by atoms with Crippen molar-refractivity contribution in [3.63, 3.8) is 0 Å². The van der Waals surface area contributed by atoms with Crippen LogP contribution in [-0.4, -0.2) is 22.3 Å². The number of alkyl halides is 2. The first-order chi connectivity index (χ1) is 9.56. The number of hydrogen-bond acceptors (Lipinski definition) is 4. The quantitative estimate of drug-likeness (QED) is 0.809. The van der Waals surface area contributed by atoms with E-state index in [1.54, 1.807) is 4.90 Å². The van der Waals surface area contributed by atoms with Crippen molar-refractivity contribution in [3.8, 4) is 0 Å². The van der Waals surface area contributed by atoms with Crippen molar-refractivity contribution < 1.29 is 8.78 Å². The molecule has 0 radical (unpaired) electrons. The van der Waals surface area contributed by atoms with Crippen molar-refractivity contribution in [3.05, 3.63) is 41.7 Å². The maximum atomic E-state index is 12.8. The van der Waals surface area contributed by atoms with E-state index in [4.69, 9.17) is 0 Å². The molecule has 6 heteroatoms. The zero-order chi connectivity index (χ0) is 14.5. The average molecular weight is 297 g/mol. The normalized spacial score (nSPS) is 11.3. The third kappa shape index (κ3) is 3.96. The molecule has 0 saturated carbocycles. The Labute approximate surface area is 121 Å². The number of anilines is 1. The fourth-order valence-electron chi connectivity index (χ4n) is 1.77. The van der Waals surface area contributed by atoms with Gasteiger partial charge in [0.25, 0.3) is 6.43 Å². The lowest BCUT2D eigenvalue weighted by Gasteiger charge is -2.20. The summed E-state index contributed by atoms with van der Waals surface area (Å²) in [6.45, 7) is 4.06. The van der Waals surface area contributed by atoms with Gasteiger partial charge in [-0.05, 0) is 5.56 Å². The second-order valence-corrected chi connectivity index (χ2v) is 5.58. The monoisotopic (exact) mass is 297 g/mol. The fourth-order valence-corrected chi connectivity index (χ4v) is 2.59. The van der Waals surface area contributed by atoms with E-state index in [2.05, 4.69) is 9.36 Å². The van der Waals surface area contributed by atoms with Crippen LogP contribution in [0.2, 0.25) is 0 Å². The van der Waals surface area contributed by atoms with Crippen LogP contribution >= 0.6 is 11.5 Å². The van der Waals surface area contributed by atoms with Crippen molar-refractivity contribution in [2.45, 2.75) is 32.7 Å². The molecular weight excluding hydrogens is 280 g/mol. The second-order valence-electron chi connectivity index (χ2n) is 4.85. The van der Waals surface area contributed by atoms with E-state index < -0.39 is 6.43 Å². The van der Waals surface area contributed by atoms with E-state index in [-0.39, 0.29) is 12.5 Å². The molecule has 0 amide bonds. The fraction of sp³-hybridized carbons (Fsp3) is 0.429. The highest BCUT2D eigenvalue weighted by molar-refractivity contribution is 7.09. The Hall–Kier alpha value is -1.56. The van der Waals surface area contributed by atoms with Gasteiger partial charge in [0.1, 0.15) is 5.82 Å². The van der Waals surface area contributed by atoms with Crippen LogP contribution in [0.4, 0.5) is 13.9 Å². The third-order valence-electron chi connectivity index (χ3n) is 2.79. The second kappa shape index (κ2) is 6.74. The van der Waals surface area contributed by atoms with Crippen molar-refractivity contribution in [2.75, 3.05) is 11.4 Å². The Balaban J connectivity index is 2.18. The third-order valence-corrected chi connectivity index (χ3v) is 3.58. The smallest absolute Gasteiger partial charge is 0.255 e. The van der Waals surface area contributed by atoms with Gasteiger partial charge < -0.3 is 4.90 Å². The van der Waals surface area contributed by atoms with E-state index in [0.717, 1.165) is 5.56 Å². The lowest BCUT2D eigenvalue weighted by molar-refractivity contribution is 0.154. The number of halogens is 2. The Morgan fingerprint density at radius 1 is 1.20 bits per heavy atom. The zero-order valence-corrected chi connectivity index (χ0v) is 12.3. The Bertz CT molecular complexity index is 528. The molecule has 0 atom stereocenters. The molecule has 0 N–H and O–H groups in total. The lowest BCUT2D eigenvalue weighted by Crippen LogP contribution is -2.28. The molecule has 2 rings (SSSR count). The maximum Gasteiger partial charge on any atom is 0.255 e. The van der Waals surface area contributed by atoms with Gasteiger partial charge in [-0.2, -0.15) is 4.37 Å². The molecule has 0 aliphatic heterocycles. The molecule has 0 aliphatic rings. The van der Waals surface area contributed by atoms with Gasteiger partial charge in [0, 0.05) is 24.0 Å². The van der Waals surface area contributed by atoms with Crippen LogP contribution in [0.15, 0.2) is 30.3 Å². The number of rotatable bonds is 6. The topological polar surface area (TPSA) is 29.0 Å². The highest BCUT2D eigenvalue weighted by Gasteiger charge is 2.18. The summed E-state index contributed by atoms with van der Waals surface area (Å²) in [7, 11) is 0. The highest BCUT2D eigenvalue weighted by atomic mass is 32.1. The van der Waals surface area contributed by atoms with Gasteiger partial charge in [0.15, 0.2) is 0 Å². The number of aromatic nitrogens is 2. The summed E-state index contributed by atoms with van der Waals surface area (Å²) < 4.78 is 29.7. The first kappa shape index (κ1) is 14.8. The summed E-state index contributed by atoms with van der Waals surface area (Å²) in [5.41, 5.74) is 0.981. The Morgan fingerprint density at radius 2 is 1.90 bits per heavy atom. The molecule has 2 aromatic rings. The van der Waals surface area contributed by atoms with E-state index in [9.17, 15) is 8.78 Å². The largest absolute Gasteiger partial charge is 0.337 e. The van der Waals surface area contributed by atoms with Crippen LogP contribution in [0, 0.1) is 0 Å². The predicted molar refractivity (Wildman–Crippen MR) is 77.5 cm³/mol. The molecule has 0 bridgehead atoms. The molecule has 20 heavy (non-hydrogen) atoms. The first-order valence-corrected chi connectivity index (χ1v) is 7.24. The van der Waals surface area contributed by atoms with Crippen LogP contribution in [-0.2, 0) is 6.54 Å². The minimum Gasteiger partial charge on any atom is -0.337 e. The van der Waals surface area contributed by atoms with Gasteiger partial charge in [-0.25, -0.2) is 13.8 Å². The number of benzene rings is 1. The Morgan fingerprint density at radius 3 is 2.45 bits per heavy atom. The number of nitrogens with zero attached hydrogens (tertiary/aromatic N) is 3. The molecule has 1 aromatic heterocycles. The zero-order valence-electron chi connectivity index (χ0n) is 11.5. The summed E-state index contributed by atoms with van der Waals surface area (Å²) in [6.07, 6.45) is -2.40. The SMILES string of the molecule is CC(C)c1nsc(N(Cc2ccccc2)CC(F)F)n1. The minimum atomic E-state index is -2.40. The molecular formula is C14H17F2N3S. The van der Waals surface area contributed by atoms with Gasteiger partial charge in [-0.15, -0.1) is 0 Å². The van der Waals surface area contributed by atoms with Crippen molar-refractivity contribution >= 4 is 16.7 Å². The maximum absolute atomic E-state index is 12.8. The molecule has 0 spiro atoms. The van der Waals surface area contributed by atoms with E-state index in [0.29, 0.717) is 17.5 Å². The average Bonchev–Trinajstić information content (AvgIpc) is 2.88. The number of hydrogen-bond donors (Lipinski definition) is 0. The molecule has 0 saturated heterocycles. The van der Waals surface area contributed by atoms with Gasteiger partial charge in [0.05, 0.1) is 6.54 Å². The van der Waals surface area contributed by atoms with Crippen molar-refractivity contribution in [2.24, 2.45) is 0 Å². The first-order valence-electron chi connectivity index (χ1n) is 6.47. The van der Waals surface area contributed by atoms with E-state index >= 15 is 0 Å². The minimum absolute atomic E-state index is 0.199. The van der Waals surface area contributed by atoms with Crippen LogP contribution in [0.1, 0.15) is 31.2 Å². The molecule has 108 valence electrons. The summed E-state index contributed by atoms with van der Waals surface area (Å²) >= 11 is 1.18. The molecule has 3 nitrogen and oxygen atoms in total. The lowest BCUT2D eigenvalue weighted by atomic mass is 10.2. The Kier molecular flexibility index (Phi) is 5.00. The van der Waals surface area contributed by atoms with Gasteiger partial charge in [-0.3, -0.25) is 0 Å². The molecule has 0 aliphatic carbocycles.